The minimum atomic E-state index is -4.81. The molecule has 0 fully saturated rings. The van der Waals surface area contributed by atoms with Gasteiger partial charge in [0.1, 0.15) is 5.75 Å². The fourth-order valence-electron chi connectivity index (χ4n) is 1.46. The molecule has 0 saturated carbocycles. The maximum absolute atomic E-state index is 12.3. The van der Waals surface area contributed by atoms with Crippen LogP contribution in [0.25, 0.3) is 0 Å². The second-order valence-electron chi connectivity index (χ2n) is 3.96. The Hall–Kier alpha value is -2.91. The summed E-state index contributed by atoms with van der Waals surface area (Å²) in [6, 6.07) is 5.68. The van der Waals surface area contributed by atoms with E-state index in [9.17, 15) is 22.8 Å². The first-order chi connectivity index (χ1) is 10.3. The summed E-state index contributed by atoms with van der Waals surface area (Å²) >= 11 is 0. The number of carbonyl (C=O) groups is 2. The third-order valence-electron chi connectivity index (χ3n) is 2.28. The molecule has 0 bridgehead atoms. The van der Waals surface area contributed by atoms with E-state index in [0.29, 0.717) is 0 Å². The Morgan fingerprint density at radius 1 is 1.27 bits per heavy atom. The topological polar surface area (TPSA) is 94.3 Å². The summed E-state index contributed by atoms with van der Waals surface area (Å²) in [7, 11) is 0. The van der Waals surface area contributed by atoms with Crippen molar-refractivity contribution in [2.24, 2.45) is 0 Å². The van der Waals surface area contributed by atoms with Crippen LogP contribution in [0.15, 0.2) is 28.8 Å². The number of rotatable bonds is 3. The van der Waals surface area contributed by atoms with Crippen LogP contribution in [0.4, 0.5) is 19.1 Å². The Labute approximate surface area is 121 Å². The number of ether oxygens (including phenoxy) is 1. The third-order valence-corrected chi connectivity index (χ3v) is 2.28. The Bertz CT molecular complexity index is 712. The molecule has 10 heteroatoms. The molecule has 0 atom stereocenters. The Balaban J connectivity index is 2.19. The highest BCUT2D eigenvalue weighted by atomic mass is 19.4. The summed E-state index contributed by atoms with van der Waals surface area (Å²) in [6.45, 7) is 1.14. The van der Waals surface area contributed by atoms with Crippen LogP contribution in [0.2, 0.25) is 0 Å². The van der Waals surface area contributed by atoms with Gasteiger partial charge in [-0.3, -0.25) is 14.9 Å². The summed E-state index contributed by atoms with van der Waals surface area (Å²) in [6.07, 6.45) is -4.81. The number of hydrogen-bond donors (Lipinski definition) is 1. The van der Waals surface area contributed by atoms with Gasteiger partial charge in [0.05, 0.1) is 5.56 Å². The van der Waals surface area contributed by atoms with E-state index in [-0.39, 0.29) is 11.3 Å². The molecule has 0 aliphatic carbocycles. The van der Waals surface area contributed by atoms with Gasteiger partial charge in [0, 0.05) is 6.92 Å². The highest BCUT2D eigenvalue weighted by molar-refractivity contribution is 6.05. The van der Waals surface area contributed by atoms with E-state index < -0.39 is 29.9 Å². The Morgan fingerprint density at radius 3 is 2.55 bits per heavy atom. The van der Waals surface area contributed by atoms with Crippen molar-refractivity contribution in [2.45, 2.75) is 13.1 Å². The average Bonchev–Trinajstić information content (AvgIpc) is 2.87. The summed E-state index contributed by atoms with van der Waals surface area (Å²) in [5, 5.41) is 5.01. The molecular weight excluding hydrogens is 307 g/mol. The van der Waals surface area contributed by atoms with Crippen molar-refractivity contribution in [3.8, 4) is 5.75 Å². The summed E-state index contributed by atoms with van der Waals surface area (Å²) in [5.41, 5.74) is -0.0731. The van der Waals surface area contributed by atoms with E-state index in [1.54, 1.807) is 0 Å². The fraction of sp³-hybridized carbons (Fsp3) is 0.167. The summed E-state index contributed by atoms with van der Waals surface area (Å²) < 4.78 is 45.7. The predicted molar refractivity (Wildman–Crippen MR) is 65.0 cm³/mol. The molecule has 1 heterocycles. The SMILES string of the molecule is CC(=O)Oc1ccccc1C(=O)Nc1noc(C(F)(F)F)n1. The highest BCUT2D eigenvalue weighted by Gasteiger charge is 2.38. The number of para-hydroxylation sites is 1. The lowest BCUT2D eigenvalue weighted by molar-refractivity contribution is -0.159. The number of aromatic nitrogens is 2. The second-order valence-corrected chi connectivity index (χ2v) is 3.96. The van der Waals surface area contributed by atoms with Gasteiger partial charge in [0.2, 0.25) is 0 Å². The van der Waals surface area contributed by atoms with E-state index in [4.69, 9.17) is 4.74 Å². The van der Waals surface area contributed by atoms with Crippen LogP contribution < -0.4 is 10.1 Å². The van der Waals surface area contributed by atoms with Crippen LogP contribution >= 0.6 is 0 Å². The van der Waals surface area contributed by atoms with E-state index in [1.807, 2.05) is 5.32 Å². The van der Waals surface area contributed by atoms with Gasteiger partial charge in [-0.25, -0.2) is 0 Å². The molecule has 116 valence electrons. The Morgan fingerprint density at radius 2 is 1.95 bits per heavy atom. The lowest BCUT2D eigenvalue weighted by Crippen LogP contribution is -2.16. The van der Waals surface area contributed by atoms with Crippen LogP contribution in [0.3, 0.4) is 0 Å². The zero-order chi connectivity index (χ0) is 16.3. The first kappa shape index (κ1) is 15.5. The standard InChI is InChI=1S/C12H8F3N3O4/c1-6(19)21-8-5-3-2-4-7(8)9(20)16-11-17-10(22-18-11)12(13,14)15/h2-5H,1H3,(H,16,18,20). The summed E-state index contributed by atoms with van der Waals surface area (Å²) in [4.78, 5) is 25.9. The molecule has 0 aliphatic heterocycles. The fourth-order valence-corrected chi connectivity index (χ4v) is 1.46. The van der Waals surface area contributed by atoms with Crippen LogP contribution in [-0.2, 0) is 11.0 Å². The van der Waals surface area contributed by atoms with Crippen LogP contribution in [0, 0.1) is 0 Å². The Kier molecular flexibility index (Phi) is 4.11. The molecular formula is C12H8F3N3O4. The van der Waals surface area contributed by atoms with Crippen molar-refractivity contribution in [3.63, 3.8) is 0 Å². The van der Waals surface area contributed by atoms with Gasteiger partial charge >= 0.3 is 18.0 Å². The number of anilines is 1. The van der Waals surface area contributed by atoms with Gasteiger partial charge < -0.3 is 9.26 Å². The first-order valence-electron chi connectivity index (χ1n) is 5.77. The van der Waals surface area contributed by atoms with Crippen LogP contribution in [0.1, 0.15) is 23.2 Å². The number of carbonyl (C=O) groups excluding carboxylic acids is 2. The molecule has 2 aromatic rings. The number of alkyl halides is 3. The number of nitrogens with zero attached hydrogens (tertiary/aromatic N) is 2. The number of esters is 1. The predicted octanol–water partition coefficient (Wildman–Crippen LogP) is 2.27. The first-order valence-corrected chi connectivity index (χ1v) is 5.77. The molecule has 1 aromatic carbocycles. The van der Waals surface area contributed by atoms with Gasteiger partial charge in [-0.2, -0.15) is 18.2 Å². The second kappa shape index (κ2) is 5.84. The quantitative estimate of drug-likeness (QED) is 0.689. The molecule has 22 heavy (non-hydrogen) atoms. The molecule has 0 aliphatic rings. The number of nitrogens with one attached hydrogen (secondary N) is 1. The lowest BCUT2D eigenvalue weighted by atomic mass is 10.2. The van der Waals surface area contributed by atoms with Gasteiger partial charge in [-0.15, -0.1) is 0 Å². The van der Waals surface area contributed by atoms with Crippen molar-refractivity contribution in [2.75, 3.05) is 5.32 Å². The summed E-state index contributed by atoms with van der Waals surface area (Å²) in [5.74, 6) is -3.80. The van der Waals surface area contributed by atoms with Gasteiger partial charge in [0.15, 0.2) is 0 Å². The molecule has 7 nitrogen and oxygen atoms in total. The van der Waals surface area contributed by atoms with Crippen LogP contribution in [-0.4, -0.2) is 22.0 Å². The smallest absolute Gasteiger partial charge is 0.426 e. The molecule has 0 saturated heterocycles. The van der Waals surface area contributed by atoms with Crippen molar-refractivity contribution < 1.29 is 32.0 Å². The third kappa shape index (κ3) is 3.59. The van der Waals surface area contributed by atoms with Crippen molar-refractivity contribution >= 4 is 17.8 Å². The normalized spacial score (nSPS) is 11.1. The lowest BCUT2D eigenvalue weighted by Gasteiger charge is -2.07. The number of amides is 1. The molecule has 0 unspecified atom stereocenters. The molecule has 0 radical (unpaired) electrons. The zero-order valence-electron chi connectivity index (χ0n) is 11.0. The largest absolute Gasteiger partial charge is 0.471 e. The molecule has 2 rings (SSSR count). The molecule has 0 spiro atoms. The van der Waals surface area contributed by atoms with Gasteiger partial charge in [-0.1, -0.05) is 12.1 Å². The minimum absolute atomic E-state index is 0.0490. The minimum Gasteiger partial charge on any atom is -0.426 e. The van der Waals surface area contributed by atoms with E-state index in [2.05, 4.69) is 14.7 Å². The van der Waals surface area contributed by atoms with Crippen molar-refractivity contribution in [3.05, 3.63) is 35.7 Å². The van der Waals surface area contributed by atoms with Gasteiger partial charge in [0.25, 0.3) is 11.9 Å². The van der Waals surface area contributed by atoms with Crippen molar-refractivity contribution in [1.82, 2.24) is 10.1 Å². The number of halogens is 3. The molecule has 1 aromatic heterocycles. The number of hydrogen-bond acceptors (Lipinski definition) is 6. The van der Waals surface area contributed by atoms with Crippen LogP contribution in [0.5, 0.6) is 5.75 Å². The monoisotopic (exact) mass is 315 g/mol. The van der Waals surface area contributed by atoms with E-state index >= 15 is 0 Å². The molecule has 1 amide bonds. The van der Waals surface area contributed by atoms with Gasteiger partial charge in [-0.05, 0) is 17.3 Å². The average molecular weight is 315 g/mol. The maximum atomic E-state index is 12.3. The van der Waals surface area contributed by atoms with Crippen molar-refractivity contribution in [1.29, 1.82) is 0 Å². The molecule has 1 N–H and O–H groups in total. The van der Waals surface area contributed by atoms with E-state index in [1.165, 1.54) is 24.3 Å². The highest BCUT2D eigenvalue weighted by Crippen LogP contribution is 2.28. The number of benzene rings is 1. The zero-order valence-corrected chi connectivity index (χ0v) is 11.0. The van der Waals surface area contributed by atoms with E-state index in [0.717, 1.165) is 6.92 Å². The maximum Gasteiger partial charge on any atom is 0.471 e.